The summed E-state index contributed by atoms with van der Waals surface area (Å²) in [6, 6.07) is 17.3. The number of piperidine rings is 1. The highest BCUT2D eigenvalue weighted by Gasteiger charge is 2.28. The lowest BCUT2D eigenvalue weighted by molar-refractivity contribution is -0.124. The lowest BCUT2D eigenvalue weighted by atomic mass is 9.90. The number of benzene rings is 2. The Morgan fingerprint density at radius 1 is 1.12 bits per heavy atom. The highest BCUT2D eigenvalue weighted by Crippen LogP contribution is 2.22. The molecule has 2 aromatic carbocycles. The van der Waals surface area contributed by atoms with Crippen molar-refractivity contribution in [1.29, 1.82) is 0 Å². The minimum Gasteiger partial charge on any atom is -0.497 e. The van der Waals surface area contributed by atoms with Gasteiger partial charge in [-0.3, -0.25) is 9.59 Å². The SMILES string of the molecule is COc1cccc(C(=O)N2CCC[C@H](C(=O)CCc3ccccc3)C2)c1. The number of ether oxygens (including phenoxy) is 1. The summed E-state index contributed by atoms with van der Waals surface area (Å²) in [5.74, 6) is 0.854. The molecule has 1 fully saturated rings. The van der Waals surface area contributed by atoms with Gasteiger partial charge >= 0.3 is 0 Å². The molecule has 4 heteroatoms. The van der Waals surface area contributed by atoms with Gasteiger partial charge in [0.15, 0.2) is 0 Å². The second kappa shape index (κ2) is 8.65. The molecule has 4 nitrogen and oxygen atoms in total. The second-order valence-electron chi connectivity index (χ2n) is 6.77. The maximum atomic E-state index is 12.8. The molecule has 0 aliphatic carbocycles. The molecule has 0 aromatic heterocycles. The van der Waals surface area contributed by atoms with Crippen molar-refractivity contribution in [3.63, 3.8) is 0 Å². The van der Waals surface area contributed by atoms with Crippen LogP contribution in [0.25, 0.3) is 0 Å². The van der Waals surface area contributed by atoms with E-state index in [4.69, 9.17) is 4.74 Å². The summed E-state index contributed by atoms with van der Waals surface area (Å²) in [6.45, 7) is 1.22. The summed E-state index contributed by atoms with van der Waals surface area (Å²) < 4.78 is 5.20. The van der Waals surface area contributed by atoms with E-state index in [1.807, 2.05) is 47.4 Å². The molecule has 0 saturated carbocycles. The Balaban J connectivity index is 1.59. The Morgan fingerprint density at radius 3 is 2.69 bits per heavy atom. The van der Waals surface area contributed by atoms with E-state index >= 15 is 0 Å². The van der Waals surface area contributed by atoms with Crippen molar-refractivity contribution < 1.29 is 14.3 Å². The van der Waals surface area contributed by atoms with Crippen molar-refractivity contribution in [3.8, 4) is 5.75 Å². The van der Waals surface area contributed by atoms with E-state index in [0.29, 0.717) is 30.8 Å². The molecule has 0 unspecified atom stereocenters. The first-order chi connectivity index (χ1) is 12.7. The number of likely N-dealkylation sites (tertiary alicyclic amines) is 1. The normalized spacial score (nSPS) is 17.0. The van der Waals surface area contributed by atoms with Gasteiger partial charge in [0.25, 0.3) is 5.91 Å². The number of aryl methyl sites for hydroxylation is 1. The minimum absolute atomic E-state index is 0.0236. The number of carbonyl (C=O) groups excluding carboxylic acids is 2. The molecule has 0 radical (unpaired) electrons. The molecule has 1 atom stereocenters. The third-order valence-corrected chi connectivity index (χ3v) is 4.98. The van der Waals surface area contributed by atoms with Gasteiger partial charge in [0, 0.05) is 31.0 Å². The van der Waals surface area contributed by atoms with Crippen LogP contribution in [0.4, 0.5) is 0 Å². The Kier molecular flexibility index (Phi) is 6.05. The van der Waals surface area contributed by atoms with Gasteiger partial charge < -0.3 is 9.64 Å². The van der Waals surface area contributed by atoms with E-state index in [1.54, 1.807) is 19.2 Å². The van der Waals surface area contributed by atoms with E-state index in [9.17, 15) is 9.59 Å². The molecular weight excluding hydrogens is 326 g/mol. The zero-order valence-corrected chi connectivity index (χ0v) is 15.2. The molecule has 0 bridgehead atoms. The van der Waals surface area contributed by atoms with Crippen LogP contribution in [0.3, 0.4) is 0 Å². The molecule has 1 saturated heterocycles. The quantitative estimate of drug-likeness (QED) is 0.796. The predicted octanol–water partition coefficient (Wildman–Crippen LogP) is 3.75. The number of rotatable bonds is 6. The van der Waals surface area contributed by atoms with Crippen LogP contribution in [0.2, 0.25) is 0 Å². The molecule has 1 aliphatic heterocycles. The summed E-state index contributed by atoms with van der Waals surface area (Å²) in [5.41, 5.74) is 1.79. The minimum atomic E-state index is -0.0537. The maximum absolute atomic E-state index is 12.8. The van der Waals surface area contributed by atoms with Gasteiger partial charge in [0.05, 0.1) is 7.11 Å². The fraction of sp³-hybridized carbons (Fsp3) is 0.364. The summed E-state index contributed by atoms with van der Waals surface area (Å²) in [4.78, 5) is 27.2. The first-order valence-corrected chi connectivity index (χ1v) is 9.17. The van der Waals surface area contributed by atoms with Crippen LogP contribution in [0, 0.1) is 5.92 Å². The summed E-state index contributed by atoms with van der Waals surface area (Å²) in [6.07, 6.45) is 3.04. The topological polar surface area (TPSA) is 46.6 Å². The average Bonchev–Trinajstić information content (AvgIpc) is 2.72. The van der Waals surface area contributed by atoms with E-state index in [-0.39, 0.29) is 17.6 Å². The fourth-order valence-corrected chi connectivity index (χ4v) is 3.48. The Labute approximate surface area is 154 Å². The van der Waals surface area contributed by atoms with Crippen molar-refractivity contribution in [3.05, 3.63) is 65.7 Å². The van der Waals surface area contributed by atoms with Crippen LogP contribution in [0.5, 0.6) is 5.75 Å². The van der Waals surface area contributed by atoms with Gasteiger partial charge in [-0.05, 0) is 43.0 Å². The highest BCUT2D eigenvalue weighted by molar-refractivity contribution is 5.95. The third kappa shape index (κ3) is 4.51. The predicted molar refractivity (Wildman–Crippen MR) is 101 cm³/mol. The highest BCUT2D eigenvalue weighted by atomic mass is 16.5. The van der Waals surface area contributed by atoms with Gasteiger partial charge in [0.2, 0.25) is 0 Å². The standard InChI is InChI=1S/C22H25NO3/c1-26-20-11-5-9-18(15-20)22(25)23-14-6-10-19(16-23)21(24)13-12-17-7-3-2-4-8-17/h2-5,7-9,11,15,19H,6,10,12-14,16H2,1H3/t19-/m0/s1. The Morgan fingerprint density at radius 2 is 1.92 bits per heavy atom. The first-order valence-electron chi connectivity index (χ1n) is 9.17. The van der Waals surface area contributed by atoms with Crippen LogP contribution in [-0.2, 0) is 11.2 Å². The summed E-state index contributed by atoms with van der Waals surface area (Å²) >= 11 is 0. The smallest absolute Gasteiger partial charge is 0.254 e. The van der Waals surface area contributed by atoms with Gasteiger partial charge in [-0.1, -0.05) is 36.4 Å². The molecule has 2 aromatic rings. The van der Waals surface area contributed by atoms with Crippen molar-refractivity contribution in [2.24, 2.45) is 5.92 Å². The van der Waals surface area contributed by atoms with Gasteiger partial charge in [-0.15, -0.1) is 0 Å². The molecular formula is C22H25NO3. The number of Topliss-reactive ketones (excluding diaryl/α,β-unsaturated/α-hetero) is 1. The van der Waals surface area contributed by atoms with Crippen LogP contribution in [0.1, 0.15) is 35.2 Å². The number of hydrogen-bond donors (Lipinski definition) is 0. The van der Waals surface area contributed by atoms with Gasteiger partial charge in [-0.25, -0.2) is 0 Å². The van der Waals surface area contributed by atoms with Crippen LogP contribution >= 0.6 is 0 Å². The largest absolute Gasteiger partial charge is 0.497 e. The number of hydrogen-bond acceptors (Lipinski definition) is 3. The third-order valence-electron chi connectivity index (χ3n) is 4.98. The van der Waals surface area contributed by atoms with Gasteiger partial charge in [0.1, 0.15) is 11.5 Å². The zero-order chi connectivity index (χ0) is 18.4. The second-order valence-corrected chi connectivity index (χ2v) is 6.77. The molecule has 136 valence electrons. The number of methoxy groups -OCH3 is 1. The van der Waals surface area contributed by atoms with Crippen LogP contribution in [-0.4, -0.2) is 36.8 Å². The molecule has 26 heavy (non-hydrogen) atoms. The zero-order valence-electron chi connectivity index (χ0n) is 15.2. The molecule has 1 aliphatic rings. The summed E-state index contributed by atoms with van der Waals surface area (Å²) in [7, 11) is 1.59. The van der Waals surface area contributed by atoms with Crippen molar-refractivity contribution >= 4 is 11.7 Å². The van der Waals surface area contributed by atoms with Crippen LogP contribution < -0.4 is 4.74 Å². The monoisotopic (exact) mass is 351 g/mol. The molecule has 3 rings (SSSR count). The van der Waals surface area contributed by atoms with Crippen molar-refractivity contribution in [2.75, 3.05) is 20.2 Å². The number of amides is 1. The van der Waals surface area contributed by atoms with Crippen molar-refractivity contribution in [1.82, 2.24) is 4.90 Å². The molecule has 1 amide bonds. The van der Waals surface area contributed by atoms with E-state index in [1.165, 1.54) is 5.56 Å². The van der Waals surface area contributed by atoms with Crippen molar-refractivity contribution in [2.45, 2.75) is 25.7 Å². The maximum Gasteiger partial charge on any atom is 0.254 e. The van der Waals surface area contributed by atoms with Crippen LogP contribution in [0.15, 0.2) is 54.6 Å². The number of ketones is 1. The fourth-order valence-electron chi connectivity index (χ4n) is 3.48. The number of carbonyl (C=O) groups is 2. The lowest BCUT2D eigenvalue weighted by Gasteiger charge is -2.32. The molecule has 0 N–H and O–H groups in total. The number of nitrogens with zero attached hydrogens (tertiary/aromatic N) is 1. The lowest BCUT2D eigenvalue weighted by Crippen LogP contribution is -2.42. The Hall–Kier alpha value is -2.62. The van der Waals surface area contributed by atoms with Gasteiger partial charge in [-0.2, -0.15) is 0 Å². The Bertz CT molecular complexity index is 757. The summed E-state index contributed by atoms with van der Waals surface area (Å²) in [5, 5.41) is 0. The van der Waals surface area contributed by atoms with E-state index < -0.39 is 0 Å². The van der Waals surface area contributed by atoms with E-state index in [0.717, 1.165) is 19.3 Å². The average molecular weight is 351 g/mol. The molecule has 1 heterocycles. The van der Waals surface area contributed by atoms with E-state index in [2.05, 4.69) is 0 Å². The first kappa shape index (κ1) is 18.2. The molecule has 0 spiro atoms.